The number of halogens is 3. The van der Waals surface area contributed by atoms with Gasteiger partial charge in [0, 0.05) is 17.1 Å². The number of ether oxygens (including phenoxy) is 2. The summed E-state index contributed by atoms with van der Waals surface area (Å²) >= 11 is 0. The monoisotopic (exact) mass is 333 g/mol. The molecule has 0 N–H and O–H groups in total. The number of rotatable bonds is 5. The molecule has 0 amide bonds. The van der Waals surface area contributed by atoms with Crippen LogP contribution >= 0.6 is 0 Å². The molecule has 1 heterocycles. The largest absolute Gasteiger partial charge is 0.485 e. The lowest BCUT2D eigenvalue weighted by Gasteiger charge is -2.14. The van der Waals surface area contributed by atoms with Crippen LogP contribution in [0.3, 0.4) is 0 Å². The van der Waals surface area contributed by atoms with E-state index in [0.717, 1.165) is 16.5 Å². The Hall–Kier alpha value is -2.76. The van der Waals surface area contributed by atoms with Crippen molar-refractivity contribution in [2.24, 2.45) is 0 Å². The molecule has 0 bridgehead atoms. The van der Waals surface area contributed by atoms with Crippen LogP contribution in [0.4, 0.5) is 13.2 Å². The van der Waals surface area contributed by atoms with Gasteiger partial charge in [0.25, 0.3) is 0 Å². The first-order valence-corrected chi connectivity index (χ1v) is 7.27. The number of hydrogen-bond acceptors (Lipinski definition) is 3. The maximum Gasteiger partial charge on any atom is 0.422 e. The van der Waals surface area contributed by atoms with Crippen LogP contribution in [0.15, 0.2) is 60.8 Å². The minimum absolute atomic E-state index is 0.0584. The van der Waals surface area contributed by atoms with Crippen molar-refractivity contribution >= 4 is 10.9 Å². The smallest absolute Gasteiger partial charge is 0.422 e. The average Bonchev–Trinajstić information content (AvgIpc) is 2.58. The molecule has 0 saturated carbocycles. The molecular formula is C18H14F3NO2. The van der Waals surface area contributed by atoms with Gasteiger partial charge in [-0.1, -0.05) is 36.4 Å². The molecule has 0 unspecified atom stereocenters. The van der Waals surface area contributed by atoms with Crippen molar-refractivity contribution in [2.75, 3.05) is 6.61 Å². The second-order valence-corrected chi connectivity index (χ2v) is 5.13. The number of para-hydroxylation sites is 3. The Kier molecular flexibility index (Phi) is 4.55. The van der Waals surface area contributed by atoms with Gasteiger partial charge < -0.3 is 9.47 Å². The van der Waals surface area contributed by atoms with E-state index in [4.69, 9.17) is 9.47 Å². The second-order valence-electron chi connectivity index (χ2n) is 5.13. The average molecular weight is 333 g/mol. The van der Waals surface area contributed by atoms with Gasteiger partial charge in [-0.15, -0.1) is 0 Å². The molecule has 0 aliphatic carbocycles. The zero-order valence-corrected chi connectivity index (χ0v) is 12.6. The van der Waals surface area contributed by atoms with Crippen LogP contribution in [0.25, 0.3) is 10.9 Å². The number of benzene rings is 2. The Morgan fingerprint density at radius 3 is 2.29 bits per heavy atom. The van der Waals surface area contributed by atoms with Crippen LogP contribution in [0, 0.1) is 0 Å². The van der Waals surface area contributed by atoms with Gasteiger partial charge in [0.15, 0.2) is 18.1 Å². The Balaban J connectivity index is 1.77. The van der Waals surface area contributed by atoms with Crippen LogP contribution in [-0.4, -0.2) is 17.8 Å². The molecule has 1 aromatic heterocycles. The molecule has 6 heteroatoms. The Morgan fingerprint density at radius 1 is 0.833 bits per heavy atom. The Labute approximate surface area is 136 Å². The van der Waals surface area contributed by atoms with Gasteiger partial charge >= 0.3 is 6.18 Å². The molecule has 3 aromatic rings. The lowest BCUT2D eigenvalue weighted by molar-refractivity contribution is -0.153. The zero-order chi connectivity index (χ0) is 17.0. The molecule has 124 valence electrons. The summed E-state index contributed by atoms with van der Waals surface area (Å²) in [5.41, 5.74) is 1.65. The molecular weight excluding hydrogens is 319 g/mol. The first-order valence-electron chi connectivity index (χ1n) is 7.27. The van der Waals surface area contributed by atoms with Gasteiger partial charge in [-0.2, -0.15) is 13.2 Å². The van der Waals surface area contributed by atoms with E-state index in [1.54, 1.807) is 24.4 Å². The molecule has 3 rings (SSSR count). The second kappa shape index (κ2) is 6.78. The minimum atomic E-state index is -4.40. The molecule has 24 heavy (non-hydrogen) atoms. The van der Waals surface area contributed by atoms with E-state index in [1.807, 2.05) is 30.3 Å². The third-order valence-corrected chi connectivity index (χ3v) is 3.34. The van der Waals surface area contributed by atoms with Crippen LogP contribution in [0.1, 0.15) is 5.56 Å². The maximum atomic E-state index is 12.3. The van der Waals surface area contributed by atoms with E-state index >= 15 is 0 Å². The summed E-state index contributed by atoms with van der Waals surface area (Å²) in [5, 5.41) is 0.972. The molecule has 0 atom stereocenters. The maximum absolute atomic E-state index is 12.3. The van der Waals surface area contributed by atoms with E-state index in [9.17, 15) is 13.2 Å². The van der Waals surface area contributed by atoms with E-state index < -0.39 is 12.8 Å². The highest BCUT2D eigenvalue weighted by Crippen LogP contribution is 2.29. The number of fused-ring (bicyclic) bond motifs is 1. The summed E-state index contributed by atoms with van der Waals surface area (Å²) in [4.78, 5) is 4.32. The minimum Gasteiger partial charge on any atom is -0.485 e. The van der Waals surface area contributed by atoms with Gasteiger partial charge in [0.2, 0.25) is 0 Å². The van der Waals surface area contributed by atoms with Gasteiger partial charge in [-0.25, -0.2) is 0 Å². The summed E-state index contributed by atoms with van der Waals surface area (Å²) in [6, 6.07) is 15.8. The lowest BCUT2D eigenvalue weighted by Crippen LogP contribution is -2.19. The van der Waals surface area contributed by atoms with E-state index in [2.05, 4.69) is 4.98 Å². The SMILES string of the molecule is FC(F)(F)COc1ccccc1OCc1cccc2cccnc12. The van der Waals surface area contributed by atoms with Crippen LogP contribution < -0.4 is 9.47 Å². The summed E-state index contributed by atoms with van der Waals surface area (Å²) in [5.74, 6) is 0.317. The molecule has 0 aliphatic rings. The highest BCUT2D eigenvalue weighted by Gasteiger charge is 2.28. The van der Waals surface area contributed by atoms with Crippen LogP contribution in [0.2, 0.25) is 0 Å². The van der Waals surface area contributed by atoms with Crippen molar-refractivity contribution in [1.29, 1.82) is 0 Å². The fraction of sp³-hybridized carbons (Fsp3) is 0.167. The first kappa shape index (κ1) is 16.1. The van der Waals surface area contributed by atoms with Gasteiger partial charge in [-0.05, 0) is 18.2 Å². The molecule has 0 radical (unpaired) electrons. The molecule has 0 fully saturated rings. The highest BCUT2D eigenvalue weighted by molar-refractivity contribution is 5.81. The van der Waals surface area contributed by atoms with Gasteiger partial charge in [-0.3, -0.25) is 4.98 Å². The van der Waals surface area contributed by atoms with Crippen molar-refractivity contribution in [2.45, 2.75) is 12.8 Å². The Bertz CT molecular complexity index is 828. The number of pyridine rings is 1. The van der Waals surface area contributed by atoms with E-state index in [0.29, 0.717) is 0 Å². The number of aromatic nitrogens is 1. The fourth-order valence-corrected chi connectivity index (χ4v) is 2.29. The summed E-state index contributed by atoms with van der Waals surface area (Å²) in [6.45, 7) is -1.18. The molecule has 0 saturated heterocycles. The van der Waals surface area contributed by atoms with E-state index in [-0.39, 0.29) is 18.1 Å². The quantitative estimate of drug-likeness (QED) is 0.675. The summed E-state index contributed by atoms with van der Waals surface area (Å²) in [6.07, 6.45) is -2.71. The predicted octanol–water partition coefficient (Wildman–Crippen LogP) is 4.75. The van der Waals surface area contributed by atoms with Crippen molar-refractivity contribution in [3.63, 3.8) is 0 Å². The molecule has 0 spiro atoms. The third-order valence-electron chi connectivity index (χ3n) is 3.34. The highest BCUT2D eigenvalue weighted by atomic mass is 19.4. The zero-order valence-electron chi connectivity index (χ0n) is 12.6. The Morgan fingerprint density at radius 2 is 1.54 bits per heavy atom. The number of hydrogen-bond donors (Lipinski definition) is 0. The number of nitrogens with zero attached hydrogens (tertiary/aromatic N) is 1. The van der Waals surface area contributed by atoms with Crippen LogP contribution in [-0.2, 0) is 6.61 Å². The van der Waals surface area contributed by atoms with Crippen LogP contribution in [0.5, 0.6) is 11.5 Å². The number of alkyl halides is 3. The summed E-state index contributed by atoms with van der Waals surface area (Å²) in [7, 11) is 0. The molecule has 0 aliphatic heterocycles. The normalized spacial score (nSPS) is 11.5. The summed E-state index contributed by atoms with van der Waals surface area (Å²) < 4.78 is 47.4. The van der Waals surface area contributed by atoms with Gasteiger partial charge in [0.05, 0.1) is 5.52 Å². The standard InChI is InChI=1S/C18H14F3NO2/c19-18(20,21)12-24-16-9-2-1-8-15(16)23-11-14-6-3-5-13-7-4-10-22-17(13)14/h1-10H,11-12H2. The topological polar surface area (TPSA) is 31.4 Å². The van der Waals surface area contributed by atoms with E-state index in [1.165, 1.54) is 6.07 Å². The van der Waals surface area contributed by atoms with Crippen molar-refractivity contribution in [1.82, 2.24) is 4.98 Å². The lowest BCUT2D eigenvalue weighted by atomic mass is 10.1. The predicted molar refractivity (Wildman–Crippen MR) is 84.1 cm³/mol. The van der Waals surface area contributed by atoms with Gasteiger partial charge in [0.1, 0.15) is 6.61 Å². The molecule has 3 nitrogen and oxygen atoms in total. The fourth-order valence-electron chi connectivity index (χ4n) is 2.29. The third kappa shape index (κ3) is 3.95. The first-order chi connectivity index (χ1) is 11.5. The molecule has 2 aromatic carbocycles. The van der Waals surface area contributed by atoms with Crippen molar-refractivity contribution in [3.05, 3.63) is 66.4 Å². The van der Waals surface area contributed by atoms with Crippen molar-refractivity contribution in [3.8, 4) is 11.5 Å². The van der Waals surface area contributed by atoms with Crippen molar-refractivity contribution < 1.29 is 22.6 Å².